The first kappa shape index (κ1) is 15.3. The van der Waals surface area contributed by atoms with Crippen LogP contribution >= 0.6 is 0 Å². The highest BCUT2D eigenvalue weighted by Gasteiger charge is 2.14. The van der Waals surface area contributed by atoms with Gasteiger partial charge in [0, 0.05) is 38.1 Å². The maximum atomic E-state index is 11.7. The molecule has 114 valence electrons. The number of anilines is 2. The van der Waals surface area contributed by atoms with Crippen molar-refractivity contribution in [3.05, 3.63) is 24.3 Å². The Labute approximate surface area is 124 Å². The SMILES string of the molecule is COCCNC(=O)C(=O)Nc1ccc(N2CCCC2)cc1. The molecule has 2 rings (SSSR count). The zero-order chi connectivity index (χ0) is 15.1. The highest BCUT2D eigenvalue weighted by atomic mass is 16.5. The number of methoxy groups -OCH3 is 1. The lowest BCUT2D eigenvalue weighted by Crippen LogP contribution is -2.37. The van der Waals surface area contributed by atoms with E-state index < -0.39 is 11.8 Å². The third-order valence-electron chi connectivity index (χ3n) is 3.39. The van der Waals surface area contributed by atoms with Crippen LogP contribution in [-0.4, -0.2) is 45.2 Å². The van der Waals surface area contributed by atoms with Gasteiger partial charge in [0.1, 0.15) is 0 Å². The van der Waals surface area contributed by atoms with Crippen molar-refractivity contribution in [1.29, 1.82) is 0 Å². The maximum Gasteiger partial charge on any atom is 0.313 e. The van der Waals surface area contributed by atoms with Crippen molar-refractivity contribution in [2.24, 2.45) is 0 Å². The molecular weight excluding hydrogens is 270 g/mol. The Balaban J connectivity index is 1.84. The second-order valence-electron chi connectivity index (χ2n) is 4.94. The van der Waals surface area contributed by atoms with Crippen molar-refractivity contribution in [2.45, 2.75) is 12.8 Å². The lowest BCUT2D eigenvalue weighted by atomic mass is 10.2. The van der Waals surface area contributed by atoms with Crippen molar-refractivity contribution in [3.8, 4) is 0 Å². The van der Waals surface area contributed by atoms with Crippen LogP contribution in [0.15, 0.2) is 24.3 Å². The second kappa shape index (κ2) is 7.64. The molecule has 0 spiro atoms. The predicted molar refractivity (Wildman–Crippen MR) is 81.4 cm³/mol. The van der Waals surface area contributed by atoms with E-state index in [-0.39, 0.29) is 0 Å². The van der Waals surface area contributed by atoms with E-state index in [2.05, 4.69) is 15.5 Å². The van der Waals surface area contributed by atoms with Gasteiger partial charge < -0.3 is 20.3 Å². The molecule has 0 aromatic heterocycles. The van der Waals surface area contributed by atoms with E-state index in [1.54, 1.807) is 0 Å². The van der Waals surface area contributed by atoms with Gasteiger partial charge in [-0.05, 0) is 37.1 Å². The van der Waals surface area contributed by atoms with Crippen LogP contribution in [0.5, 0.6) is 0 Å². The quantitative estimate of drug-likeness (QED) is 0.627. The van der Waals surface area contributed by atoms with E-state index in [0.29, 0.717) is 18.8 Å². The topological polar surface area (TPSA) is 70.7 Å². The number of carbonyl (C=O) groups excluding carboxylic acids is 2. The maximum absolute atomic E-state index is 11.7. The van der Waals surface area contributed by atoms with Gasteiger partial charge in [0.2, 0.25) is 0 Å². The molecule has 1 aliphatic heterocycles. The van der Waals surface area contributed by atoms with E-state index in [4.69, 9.17) is 4.74 Å². The molecule has 6 nitrogen and oxygen atoms in total. The Morgan fingerprint density at radius 1 is 1.14 bits per heavy atom. The summed E-state index contributed by atoms with van der Waals surface area (Å²) in [6.45, 7) is 2.85. The van der Waals surface area contributed by atoms with E-state index in [0.717, 1.165) is 18.8 Å². The van der Waals surface area contributed by atoms with Crippen LogP contribution in [0.3, 0.4) is 0 Å². The molecule has 6 heteroatoms. The van der Waals surface area contributed by atoms with Crippen molar-refractivity contribution in [1.82, 2.24) is 5.32 Å². The van der Waals surface area contributed by atoms with E-state index in [1.165, 1.54) is 20.0 Å². The molecule has 0 unspecified atom stereocenters. The Morgan fingerprint density at radius 3 is 2.43 bits per heavy atom. The minimum absolute atomic E-state index is 0.316. The Morgan fingerprint density at radius 2 is 1.81 bits per heavy atom. The van der Waals surface area contributed by atoms with Crippen LogP contribution in [0.4, 0.5) is 11.4 Å². The molecule has 0 atom stereocenters. The second-order valence-corrected chi connectivity index (χ2v) is 4.94. The number of nitrogens with one attached hydrogen (secondary N) is 2. The molecule has 2 amide bonds. The van der Waals surface area contributed by atoms with Gasteiger partial charge in [0.15, 0.2) is 0 Å². The summed E-state index contributed by atoms with van der Waals surface area (Å²) < 4.78 is 4.80. The minimum atomic E-state index is -0.667. The molecular formula is C15H21N3O3. The molecule has 1 fully saturated rings. The molecule has 1 saturated heterocycles. The van der Waals surface area contributed by atoms with Gasteiger partial charge in [-0.25, -0.2) is 0 Å². The number of benzene rings is 1. The molecule has 0 saturated carbocycles. The summed E-state index contributed by atoms with van der Waals surface area (Å²) in [6, 6.07) is 7.55. The molecule has 1 aliphatic rings. The summed E-state index contributed by atoms with van der Waals surface area (Å²) in [5.74, 6) is -1.32. The van der Waals surface area contributed by atoms with Gasteiger partial charge in [0.25, 0.3) is 0 Å². The number of carbonyl (C=O) groups is 2. The van der Waals surface area contributed by atoms with Gasteiger partial charge in [-0.3, -0.25) is 9.59 Å². The monoisotopic (exact) mass is 291 g/mol. The fourth-order valence-corrected chi connectivity index (χ4v) is 2.27. The number of ether oxygens (including phenoxy) is 1. The molecule has 1 heterocycles. The number of rotatable bonds is 5. The molecule has 0 bridgehead atoms. The number of nitrogens with zero attached hydrogens (tertiary/aromatic N) is 1. The van der Waals surface area contributed by atoms with Crippen LogP contribution in [0, 0.1) is 0 Å². The van der Waals surface area contributed by atoms with Crippen molar-refractivity contribution >= 4 is 23.2 Å². The lowest BCUT2D eigenvalue weighted by Gasteiger charge is -2.17. The van der Waals surface area contributed by atoms with E-state index in [1.807, 2.05) is 24.3 Å². The molecule has 0 radical (unpaired) electrons. The van der Waals surface area contributed by atoms with Gasteiger partial charge >= 0.3 is 11.8 Å². The largest absolute Gasteiger partial charge is 0.383 e. The zero-order valence-electron chi connectivity index (χ0n) is 12.2. The lowest BCUT2D eigenvalue weighted by molar-refractivity contribution is -0.136. The summed E-state index contributed by atoms with van der Waals surface area (Å²) in [4.78, 5) is 25.5. The van der Waals surface area contributed by atoms with Crippen LogP contribution in [0.2, 0.25) is 0 Å². The number of hydrogen-bond donors (Lipinski definition) is 2. The highest BCUT2D eigenvalue weighted by Crippen LogP contribution is 2.21. The highest BCUT2D eigenvalue weighted by molar-refractivity contribution is 6.39. The first-order valence-electron chi connectivity index (χ1n) is 7.14. The smallest absolute Gasteiger partial charge is 0.313 e. The summed E-state index contributed by atoms with van der Waals surface area (Å²) in [5, 5.41) is 5.05. The fourth-order valence-electron chi connectivity index (χ4n) is 2.27. The first-order valence-corrected chi connectivity index (χ1v) is 7.14. The number of hydrogen-bond acceptors (Lipinski definition) is 4. The molecule has 2 N–H and O–H groups in total. The third-order valence-corrected chi connectivity index (χ3v) is 3.39. The van der Waals surface area contributed by atoms with E-state index >= 15 is 0 Å². The van der Waals surface area contributed by atoms with Crippen LogP contribution in [0.1, 0.15) is 12.8 Å². The Kier molecular flexibility index (Phi) is 5.57. The third kappa shape index (κ3) is 4.46. The summed E-state index contributed by atoms with van der Waals surface area (Å²) in [6.07, 6.45) is 2.44. The van der Waals surface area contributed by atoms with Crippen molar-refractivity contribution in [2.75, 3.05) is 43.6 Å². The zero-order valence-corrected chi connectivity index (χ0v) is 12.2. The van der Waals surface area contributed by atoms with Crippen molar-refractivity contribution < 1.29 is 14.3 Å². The Hall–Kier alpha value is -2.08. The summed E-state index contributed by atoms with van der Waals surface area (Å²) >= 11 is 0. The van der Waals surface area contributed by atoms with Gasteiger partial charge in [0.05, 0.1) is 6.61 Å². The summed E-state index contributed by atoms with van der Waals surface area (Å²) in [7, 11) is 1.54. The molecule has 1 aromatic rings. The normalized spacial score (nSPS) is 14.0. The minimum Gasteiger partial charge on any atom is -0.383 e. The van der Waals surface area contributed by atoms with Gasteiger partial charge in [-0.1, -0.05) is 0 Å². The van der Waals surface area contributed by atoms with Crippen LogP contribution < -0.4 is 15.5 Å². The Bertz CT molecular complexity index is 481. The summed E-state index contributed by atoms with van der Waals surface area (Å²) in [5.41, 5.74) is 1.76. The first-order chi connectivity index (χ1) is 10.2. The molecule has 1 aromatic carbocycles. The van der Waals surface area contributed by atoms with Crippen LogP contribution in [-0.2, 0) is 14.3 Å². The van der Waals surface area contributed by atoms with Gasteiger partial charge in [-0.2, -0.15) is 0 Å². The predicted octanol–water partition coefficient (Wildman–Crippen LogP) is 0.988. The molecule has 21 heavy (non-hydrogen) atoms. The van der Waals surface area contributed by atoms with Gasteiger partial charge in [-0.15, -0.1) is 0 Å². The van der Waals surface area contributed by atoms with E-state index in [9.17, 15) is 9.59 Å². The number of amides is 2. The molecule has 0 aliphatic carbocycles. The average molecular weight is 291 g/mol. The standard InChI is InChI=1S/C15H21N3O3/c1-21-11-8-16-14(19)15(20)17-12-4-6-13(7-5-12)18-9-2-3-10-18/h4-7H,2-3,8-11H2,1H3,(H,16,19)(H,17,20). The fraction of sp³-hybridized carbons (Fsp3) is 0.467. The average Bonchev–Trinajstić information content (AvgIpc) is 3.02. The van der Waals surface area contributed by atoms with Crippen molar-refractivity contribution in [3.63, 3.8) is 0 Å². The van der Waals surface area contributed by atoms with Crippen LogP contribution in [0.25, 0.3) is 0 Å².